The number of nitrogens with zero attached hydrogens (tertiary/aromatic N) is 3. The Labute approximate surface area is 164 Å². The van der Waals surface area contributed by atoms with Crippen molar-refractivity contribution in [3.05, 3.63) is 42.1 Å². The molecule has 7 rings (SSSR count). The number of aromatic nitrogens is 2. The third-order valence-electron chi connectivity index (χ3n) is 8.29. The second-order valence-electron chi connectivity index (χ2n) is 9.64. The summed E-state index contributed by atoms with van der Waals surface area (Å²) in [4.78, 5) is 4.27. The van der Waals surface area contributed by atoms with Crippen LogP contribution in [0, 0.1) is 46.2 Å². The van der Waals surface area contributed by atoms with Gasteiger partial charge < -0.3 is 9.67 Å². The van der Waals surface area contributed by atoms with Crippen LogP contribution in [0.4, 0.5) is 4.39 Å². The number of fused-ring (bicyclic) bond motifs is 3. The minimum atomic E-state index is -0.481. The van der Waals surface area contributed by atoms with E-state index >= 15 is 0 Å². The fourth-order valence-electron chi connectivity index (χ4n) is 7.40. The van der Waals surface area contributed by atoms with Crippen molar-refractivity contribution in [1.29, 1.82) is 5.26 Å². The van der Waals surface area contributed by atoms with E-state index in [4.69, 9.17) is 0 Å². The lowest BCUT2D eigenvalue weighted by Gasteiger charge is -2.60. The molecule has 4 saturated carbocycles. The van der Waals surface area contributed by atoms with E-state index in [0.29, 0.717) is 29.7 Å². The molecule has 4 atom stereocenters. The third kappa shape index (κ3) is 2.10. The van der Waals surface area contributed by atoms with Crippen LogP contribution in [0.1, 0.15) is 50.1 Å². The summed E-state index contributed by atoms with van der Waals surface area (Å²) in [6, 6.07) is 7.56. The Morgan fingerprint density at radius 1 is 1.29 bits per heavy atom. The number of halogens is 1. The lowest BCUT2D eigenvalue weighted by atomic mass is 9.45. The van der Waals surface area contributed by atoms with E-state index in [9.17, 15) is 14.8 Å². The van der Waals surface area contributed by atoms with Crippen LogP contribution in [-0.2, 0) is 0 Å². The van der Waals surface area contributed by atoms with Gasteiger partial charge in [-0.25, -0.2) is 9.37 Å². The normalized spacial score (nSPS) is 38.1. The van der Waals surface area contributed by atoms with E-state index in [-0.39, 0.29) is 23.2 Å². The van der Waals surface area contributed by atoms with Crippen molar-refractivity contribution in [3.8, 4) is 17.3 Å². The Hall–Kier alpha value is -2.19. The van der Waals surface area contributed by atoms with Crippen molar-refractivity contribution in [2.24, 2.45) is 29.1 Å². The Kier molecular flexibility index (Phi) is 3.39. The van der Waals surface area contributed by atoms with Gasteiger partial charge in [-0.2, -0.15) is 5.26 Å². The van der Waals surface area contributed by atoms with Gasteiger partial charge in [0, 0.05) is 11.1 Å². The van der Waals surface area contributed by atoms with Crippen LogP contribution in [-0.4, -0.2) is 20.8 Å². The zero-order valence-electron chi connectivity index (χ0n) is 15.8. The maximum atomic E-state index is 14.7. The molecule has 1 aliphatic heterocycles. The molecule has 0 saturated heterocycles. The molecule has 0 radical (unpaired) electrons. The first-order valence-electron chi connectivity index (χ1n) is 10.5. The summed E-state index contributed by atoms with van der Waals surface area (Å²) in [6.07, 6.45) is 8.84. The lowest BCUT2D eigenvalue weighted by molar-refractivity contribution is -0.139. The van der Waals surface area contributed by atoms with Crippen LogP contribution < -0.4 is 0 Å². The first-order valence-corrected chi connectivity index (χ1v) is 10.5. The van der Waals surface area contributed by atoms with Crippen molar-refractivity contribution in [2.75, 3.05) is 0 Å². The van der Waals surface area contributed by atoms with Crippen LogP contribution in [0.2, 0.25) is 0 Å². The average molecular weight is 377 g/mol. The molecule has 5 aliphatic rings. The molecular weight excluding hydrogens is 353 g/mol. The smallest absolute Gasteiger partial charge is 0.129 e. The number of rotatable bonds is 3. The van der Waals surface area contributed by atoms with E-state index in [1.54, 1.807) is 18.6 Å². The molecule has 5 heteroatoms. The molecule has 1 aromatic heterocycles. The predicted octanol–water partition coefficient (Wildman–Crippen LogP) is 4.31. The summed E-state index contributed by atoms with van der Waals surface area (Å²) in [7, 11) is 0. The zero-order chi connectivity index (χ0) is 19.0. The van der Waals surface area contributed by atoms with Crippen LogP contribution in [0.15, 0.2) is 30.7 Å². The second-order valence-corrected chi connectivity index (χ2v) is 9.64. The number of imidazole rings is 1. The Morgan fingerprint density at radius 2 is 2.07 bits per heavy atom. The van der Waals surface area contributed by atoms with E-state index in [1.165, 1.54) is 6.07 Å². The largest absolute Gasteiger partial charge is 0.392 e. The highest BCUT2D eigenvalue weighted by molar-refractivity contribution is 5.69. The van der Waals surface area contributed by atoms with Crippen LogP contribution in [0.3, 0.4) is 0 Å². The molecular formula is C23H24FN3O. The summed E-state index contributed by atoms with van der Waals surface area (Å²) < 4.78 is 16.8. The monoisotopic (exact) mass is 377 g/mol. The summed E-state index contributed by atoms with van der Waals surface area (Å²) in [5.41, 5.74) is 2.42. The second kappa shape index (κ2) is 5.67. The summed E-state index contributed by atoms with van der Waals surface area (Å²) in [6.45, 7) is 0. The molecule has 28 heavy (non-hydrogen) atoms. The maximum absolute atomic E-state index is 14.7. The number of benzene rings is 1. The Morgan fingerprint density at radius 3 is 2.82 bits per heavy atom. The van der Waals surface area contributed by atoms with Crippen molar-refractivity contribution < 1.29 is 9.50 Å². The van der Waals surface area contributed by atoms with Gasteiger partial charge in [0.05, 0.1) is 42.4 Å². The first-order chi connectivity index (χ1) is 13.6. The van der Waals surface area contributed by atoms with E-state index in [0.717, 1.165) is 43.4 Å². The van der Waals surface area contributed by atoms with Crippen LogP contribution >= 0.6 is 0 Å². The molecule has 144 valence electrons. The van der Waals surface area contributed by atoms with Gasteiger partial charge in [0.2, 0.25) is 0 Å². The fourth-order valence-corrected chi connectivity index (χ4v) is 7.40. The summed E-state index contributed by atoms with van der Waals surface area (Å²) in [5.74, 6) is 1.48. The Balaban J connectivity index is 1.34. The quantitative estimate of drug-likeness (QED) is 0.867. The van der Waals surface area contributed by atoms with Crippen molar-refractivity contribution in [3.63, 3.8) is 0 Å². The highest BCUT2D eigenvalue weighted by Gasteiger charge is 2.58. The van der Waals surface area contributed by atoms with Gasteiger partial charge in [0.25, 0.3) is 0 Å². The number of aliphatic hydroxyl groups is 1. The Bertz CT molecular complexity index is 976. The molecule has 4 aliphatic carbocycles. The standard InChI is InChI=1S/C23H24FN3O/c24-18-3-1-2-16-20-11-26-12-27(20)19(22(16)18)6-21(28)23-7-13-4-14(8-23)17(10-25)15(5-13)9-23/h1-3,11-15,17,19,21,28H,4-9H2. The molecule has 1 aromatic carbocycles. The van der Waals surface area contributed by atoms with Crippen molar-refractivity contribution in [1.82, 2.24) is 9.55 Å². The van der Waals surface area contributed by atoms with Gasteiger partial charge in [-0.3, -0.25) is 0 Å². The minimum absolute atomic E-state index is 0.0986. The molecule has 4 fully saturated rings. The zero-order valence-corrected chi connectivity index (χ0v) is 15.8. The average Bonchev–Trinajstić information content (AvgIpc) is 3.25. The summed E-state index contributed by atoms with van der Waals surface area (Å²) in [5, 5.41) is 21.1. The van der Waals surface area contributed by atoms with Crippen LogP contribution in [0.25, 0.3) is 11.3 Å². The van der Waals surface area contributed by atoms with Gasteiger partial charge in [0.1, 0.15) is 5.82 Å². The van der Waals surface area contributed by atoms with Crippen LogP contribution in [0.5, 0.6) is 0 Å². The fraction of sp³-hybridized carbons (Fsp3) is 0.565. The topological polar surface area (TPSA) is 61.8 Å². The molecule has 2 aromatic rings. The lowest BCUT2D eigenvalue weighted by Crippen LogP contribution is -2.55. The van der Waals surface area contributed by atoms with E-state index in [1.807, 2.05) is 10.6 Å². The molecule has 0 spiro atoms. The summed E-state index contributed by atoms with van der Waals surface area (Å²) >= 11 is 0. The van der Waals surface area contributed by atoms with Crippen molar-refractivity contribution >= 4 is 0 Å². The first kappa shape index (κ1) is 16.7. The SMILES string of the molecule is N#CC1C2CC3CC1CC(C(O)CC1c4c(F)cccc4-c4cncn41)(C3)C2. The molecule has 2 heterocycles. The van der Waals surface area contributed by atoms with Crippen molar-refractivity contribution in [2.45, 2.75) is 50.7 Å². The number of aliphatic hydroxyl groups excluding tert-OH is 1. The van der Waals surface area contributed by atoms with Gasteiger partial charge in [-0.15, -0.1) is 0 Å². The highest BCUT2D eigenvalue weighted by Crippen LogP contribution is 2.64. The maximum Gasteiger partial charge on any atom is 0.129 e. The molecule has 4 unspecified atom stereocenters. The molecule has 4 bridgehead atoms. The third-order valence-corrected chi connectivity index (χ3v) is 8.29. The van der Waals surface area contributed by atoms with Gasteiger partial charge in [-0.05, 0) is 67.8 Å². The number of hydrogen-bond acceptors (Lipinski definition) is 3. The molecule has 4 nitrogen and oxygen atoms in total. The minimum Gasteiger partial charge on any atom is -0.392 e. The van der Waals surface area contributed by atoms with Gasteiger partial charge in [-0.1, -0.05) is 12.1 Å². The van der Waals surface area contributed by atoms with Gasteiger partial charge in [0.15, 0.2) is 0 Å². The predicted molar refractivity (Wildman–Crippen MR) is 101 cm³/mol. The molecule has 1 N–H and O–H groups in total. The highest BCUT2D eigenvalue weighted by atomic mass is 19.1. The molecule has 0 amide bonds. The van der Waals surface area contributed by atoms with Gasteiger partial charge >= 0.3 is 0 Å². The van der Waals surface area contributed by atoms with E-state index in [2.05, 4.69) is 11.1 Å². The number of nitriles is 1. The van der Waals surface area contributed by atoms with E-state index < -0.39 is 6.10 Å². The number of hydrogen-bond donors (Lipinski definition) is 1.